The topological polar surface area (TPSA) is 59.9 Å². The zero-order valence-electron chi connectivity index (χ0n) is 16.2. The van der Waals surface area contributed by atoms with Crippen molar-refractivity contribution in [1.82, 2.24) is 0 Å². The van der Waals surface area contributed by atoms with Crippen LogP contribution in [0.5, 0.6) is 0 Å². The fourth-order valence-electron chi connectivity index (χ4n) is 3.51. The summed E-state index contributed by atoms with van der Waals surface area (Å²) in [6, 6.07) is 40.3. The molecule has 0 aromatic heterocycles. The SMILES string of the molecule is N#Cc1ccc(N=P(c2ccccc2)(c2ccccc2)c2ccccc2)cc1C#N. The Kier molecular flexibility index (Phi) is 5.58. The van der Waals surface area contributed by atoms with E-state index in [1.54, 1.807) is 12.1 Å². The Morgan fingerprint density at radius 3 is 1.37 bits per heavy atom. The minimum Gasteiger partial charge on any atom is -0.254 e. The second-order valence-corrected chi connectivity index (χ2v) is 9.72. The summed E-state index contributed by atoms with van der Waals surface area (Å²) in [4.78, 5) is 0. The molecule has 0 aliphatic carbocycles. The van der Waals surface area contributed by atoms with Crippen molar-refractivity contribution in [2.45, 2.75) is 0 Å². The standard InChI is InChI=1S/C26H18N3P/c27-19-21-16-17-23(18-22(21)20-28)29-30(24-10-4-1-5-11-24,25-12-6-2-7-13-25)26-14-8-3-9-15-26/h1-18H. The molecule has 4 aromatic rings. The maximum absolute atomic E-state index is 9.49. The number of hydrogen-bond acceptors (Lipinski definition) is 3. The van der Waals surface area contributed by atoms with E-state index in [4.69, 9.17) is 4.74 Å². The lowest BCUT2D eigenvalue weighted by atomic mass is 10.1. The average molecular weight is 403 g/mol. The lowest BCUT2D eigenvalue weighted by molar-refractivity contribution is 1.42. The maximum atomic E-state index is 9.49. The van der Waals surface area contributed by atoms with Crippen LogP contribution in [0.3, 0.4) is 0 Å². The third kappa shape index (κ3) is 3.56. The summed E-state index contributed by atoms with van der Waals surface area (Å²) in [7, 11) is -2.40. The fraction of sp³-hybridized carbons (Fsp3) is 0. The van der Waals surface area contributed by atoms with Crippen molar-refractivity contribution in [3.05, 3.63) is 120 Å². The van der Waals surface area contributed by atoms with Gasteiger partial charge < -0.3 is 0 Å². The van der Waals surface area contributed by atoms with E-state index < -0.39 is 7.05 Å². The van der Waals surface area contributed by atoms with Gasteiger partial charge in [-0.15, -0.1) is 0 Å². The molecule has 3 nitrogen and oxygen atoms in total. The van der Waals surface area contributed by atoms with Gasteiger partial charge in [0.1, 0.15) is 12.1 Å². The molecule has 30 heavy (non-hydrogen) atoms. The van der Waals surface area contributed by atoms with Gasteiger partial charge in [-0.25, -0.2) is 0 Å². The van der Waals surface area contributed by atoms with E-state index in [0.717, 1.165) is 15.9 Å². The molecule has 0 spiro atoms. The first kappa shape index (κ1) is 19.4. The molecule has 0 heterocycles. The van der Waals surface area contributed by atoms with E-state index in [0.29, 0.717) is 16.8 Å². The first-order valence-corrected chi connectivity index (χ1v) is 11.3. The maximum Gasteiger partial charge on any atom is 0.101 e. The van der Waals surface area contributed by atoms with Crippen molar-refractivity contribution in [3.63, 3.8) is 0 Å². The Labute approximate surface area is 176 Å². The van der Waals surface area contributed by atoms with Gasteiger partial charge in [0.15, 0.2) is 0 Å². The summed E-state index contributed by atoms with van der Waals surface area (Å²) in [6.45, 7) is 0. The molecule has 4 aromatic carbocycles. The molecule has 0 saturated carbocycles. The molecule has 0 atom stereocenters. The van der Waals surface area contributed by atoms with Crippen LogP contribution in [0.1, 0.15) is 11.1 Å². The van der Waals surface area contributed by atoms with Gasteiger partial charge in [0.05, 0.1) is 23.9 Å². The molecule has 0 bridgehead atoms. The van der Waals surface area contributed by atoms with Gasteiger partial charge in [0, 0.05) is 15.9 Å². The van der Waals surface area contributed by atoms with Gasteiger partial charge >= 0.3 is 0 Å². The molecule has 0 fully saturated rings. The van der Waals surface area contributed by atoms with Crippen LogP contribution in [0.4, 0.5) is 5.69 Å². The molecular weight excluding hydrogens is 385 g/mol. The second-order valence-electron chi connectivity index (χ2n) is 6.70. The zero-order chi connectivity index (χ0) is 20.8. The number of benzene rings is 4. The summed E-state index contributed by atoms with van der Waals surface area (Å²) in [5.74, 6) is 0. The Morgan fingerprint density at radius 2 is 0.967 bits per heavy atom. The number of rotatable bonds is 4. The number of nitrogens with zero attached hydrogens (tertiary/aromatic N) is 3. The third-order valence-electron chi connectivity index (χ3n) is 4.90. The fourth-order valence-corrected chi connectivity index (χ4v) is 7.03. The van der Waals surface area contributed by atoms with Gasteiger partial charge in [-0.2, -0.15) is 10.5 Å². The molecular formula is C26H18N3P. The molecule has 0 radical (unpaired) electrons. The molecule has 0 unspecified atom stereocenters. The zero-order valence-corrected chi connectivity index (χ0v) is 17.1. The smallest absolute Gasteiger partial charge is 0.101 e. The highest BCUT2D eigenvalue weighted by molar-refractivity contribution is 7.87. The Balaban J connectivity index is 2.12. The van der Waals surface area contributed by atoms with E-state index in [1.807, 2.05) is 60.7 Å². The molecule has 0 amide bonds. The van der Waals surface area contributed by atoms with Gasteiger partial charge in [0.2, 0.25) is 0 Å². The van der Waals surface area contributed by atoms with Crippen molar-refractivity contribution in [3.8, 4) is 12.1 Å². The lowest BCUT2D eigenvalue weighted by Gasteiger charge is -2.27. The van der Waals surface area contributed by atoms with Crippen molar-refractivity contribution in [2.24, 2.45) is 4.74 Å². The van der Waals surface area contributed by atoms with Crippen LogP contribution < -0.4 is 15.9 Å². The van der Waals surface area contributed by atoms with Crippen LogP contribution in [0.2, 0.25) is 0 Å². The number of nitriles is 2. The Hall–Kier alpha value is -3.91. The monoisotopic (exact) mass is 403 g/mol. The molecule has 4 heteroatoms. The summed E-state index contributed by atoms with van der Waals surface area (Å²) in [5.41, 5.74) is 1.39. The summed E-state index contributed by atoms with van der Waals surface area (Å²) in [6.07, 6.45) is 0. The third-order valence-corrected chi connectivity index (χ3v) is 8.57. The first-order chi connectivity index (χ1) is 14.8. The van der Waals surface area contributed by atoms with Gasteiger partial charge in [-0.1, -0.05) is 91.0 Å². The molecule has 142 valence electrons. The van der Waals surface area contributed by atoms with Crippen LogP contribution in [-0.2, 0) is 0 Å². The normalized spacial score (nSPS) is 10.6. The summed E-state index contributed by atoms with van der Waals surface area (Å²) >= 11 is 0. The van der Waals surface area contributed by atoms with Crippen molar-refractivity contribution >= 4 is 28.7 Å². The molecule has 0 aliphatic heterocycles. The largest absolute Gasteiger partial charge is 0.254 e. The van der Waals surface area contributed by atoms with Crippen molar-refractivity contribution in [1.29, 1.82) is 10.5 Å². The highest BCUT2D eigenvalue weighted by atomic mass is 31.2. The predicted octanol–water partition coefficient (Wildman–Crippen LogP) is 5.24. The minimum absolute atomic E-state index is 0.339. The van der Waals surface area contributed by atoms with E-state index in [-0.39, 0.29) is 0 Å². The lowest BCUT2D eigenvalue weighted by Crippen LogP contribution is -2.25. The van der Waals surface area contributed by atoms with E-state index in [2.05, 4.69) is 48.5 Å². The quantitative estimate of drug-likeness (QED) is 0.438. The van der Waals surface area contributed by atoms with E-state index in [1.165, 1.54) is 0 Å². The van der Waals surface area contributed by atoms with Crippen LogP contribution in [-0.4, -0.2) is 0 Å². The molecule has 4 rings (SSSR count). The van der Waals surface area contributed by atoms with Crippen LogP contribution in [0, 0.1) is 22.7 Å². The molecule has 0 N–H and O–H groups in total. The van der Waals surface area contributed by atoms with Crippen LogP contribution >= 0.6 is 7.05 Å². The van der Waals surface area contributed by atoms with Gasteiger partial charge in [0.25, 0.3) is 0 Å². The predicted molar refractivity (Wildman–Crippen MR) is 123 cm³/mol. The van der Waals surface area contributed by atoms with Crippen LogP contribution in [0.25, 0.3) is 0 Å². The van der Waals surface area contributed by atoms with Crippen LogP contribution in [0.15, 0.2) is 114 Å². The summed E-state index contributed by atoms with van der Waals surface area (Å²) < 4.78 is 5.34. The van der Waals surface area contributed by atoms with Gasteiger partial charge in [-0.3, -0.25) is 4.74 Å². The highest BCUT2D eigenvalue weighted by Crippen LogP contribution is 2.49. The molecule has 0 saturated heterocycles. The van der Waals surface area contributed by atoms with Gasteiger partial charge in [-0.05, 0) is 18.2 Å². The van der Waals surface area contributed by atoms with E-state index >= 15 is 0 Å². The second kappa shape index (κ2) is 8.62. The minimum atomic E-state index is -2.40. The Morgan fingerprint density at radius 1 is 0.533 bits per heavy atom. The van der Waals surface area contributed by atoms with Crippen molar-refractivity contribution in [2.75, 3.05) is 0 Å². The summed E-state index contributed by atoms with van der Waals surface area (Å²) in [5, 5.41) is 22.2. The first-order valence-electron chi connectivity index (χ1n) is 9.51. The average Bonchev–Trinajstić information content (AvgIpc) is 2.84. The van der Waals surface area contributed by atoms with Crippen molar-refractivity contribution < 1.29 is 0 Å². The van der Waals surface area contributed by atoms with E-state index in [9.17, 15) is 10.5 Å². The Bertz CT molecular complexity index is 1200. The molecule has 0 aliphatic rings. The number of hydrogen-bond donors (Lipinski definition) is 0. The highest BCUT2D eigenvalue weighted by Gasteiger charge is 2.27.